The average molecular weight is 238 g/mol. The van der Waals surface area contributed by atoms with E-state index in [0.717, 1.165) is 12.0 Å². The fraction of sp³-hybridized carbons (Fsp3) is 0.600. The highest BCUT2D eigenvalue weighted by Crippen LogP contribution is 2.38. The molecule has 0 heterocycles. The van der Waals surface area contributed by atoms with Crippen LogP contribution in [0.2, 0.25) is 0 Å². The van der Waals surface area contributed by atoms with E-state index in [1.807, 2.05) is 26.8 Å². The number of hydrogen-bond donors (Lipinski definition) is 0. The molecule has 2 heteroatoms. The molecule has 0 bridgehead atoms. The molecule has 1 aromatic carbocycles. The van der Waals surface area contributed by atoms with Crippen LogP contribution >= 0.6 is 0 Å². The lowest BCUT2D eigenvalue weighted by atomic mass is 9.75. The first-order valence-electron chi connectivity index (χ1n) is 6.15. The fourth-order valence-electron chi connectivity index (χ4n) is 1.53. The quantitative estimate of drug-likeness (QED) is 0.737. The summed E-state index contributed by atoms with van der Waals surface area (Å²) < 4.78 is 19.6. The third-order valence-electron chi connectivity index (χ3n) is 3.97. The minimum Gasteiger partial charge on any atom is -0.484 e. The third-order valence-corrected chi connectivity index (χ3v) is 3.97. The zero-order valence-electron chi connectivity index (χ0n) is 11.7. The predicted molar refractivity (Wildman–Crippen MR) is 69.9 cm³/mol. The molecule has 0 aliphatic heterocycles. The molecule has 0 atom stereocenters. The van der Waals surface area contributed by atoms with E-state index in [9.17, 15) is 4.39 Å². The van der Waals surface area contributed by atoms with Crippen LogP contribution in [0.1, 0.15) is 46.6 Å². The van der Waals surface area contributed by atoms with Gasteiger partial charge in [-0.3, -0.25) is 0 Å². The van der Waals surface area contributed by atoms with E-state index in [1.165, 1.54) is 6.07 Å². The smallest absolute Gasteiger partial charge is 0.165 e. The zero-order chi connectivity index (χ0) is 13.3. The number of aryl methyl sites for hydroxylation is 1. The second kappa shape index (κ2) is 4.67. The average Bonchev–Trinajstić information content (AvgIpc) is 2.22. The molecule has 0 aliphatic rings. The van der Waals surface area contributed by atoms with Crippen LogP contribution in [-0.4, -0.2) is 5.60 Å². The van der Waals surface area contributed by atoms with E-state index in [4.69, 9.17) is 4.74 Å². The summed E-state index contributed by atoms with van der Waals surface area (Å²) in [6.45, 7) is 12.3. The summed E-state index contributed by atoms with van der Waals surface area (Å²) in [7, 11) is 0. The standard InChI is InChI=1S/C15H23FO/c1-7-14(3,4)15(5,6)17-13-9-8-11(2)10-12(13)16/h8-10H,7H2,1-6H3. The predicted octanol–water partition coefficient (Wildman–Crippen LogP) is 4.73. The summed E-state index contributed by atoms with van der Waals surface area (Å²) >= 11 is 0. The Balaban J connectivity index is 2.98. The van der Waals surface area contributed by atoms with Crippen molar-refractivity contribution in [2.24, 2.45) is 5.41 Å². The molecule has 0 amide bonds. The monoisotopic (exact) mass is 238 g/mol. The van der Waals surface area contributed by atoms with Crippen LogP contribution in [0.4, 0.5) is 4.39 Å². The van der Waals surface area contributed by atoms with Crippen LogP contribution in [0.15, 0.2) is 18.2 Å². The lowest BCUT2D eigenvalue weighted by Crippen LogP contribution is -2.44. The second-order valence-electron chi connectivity index (χ2n) is 5.78. The van der Waals surface area contributed by atoms with Gasteiger partial charge in [-0.05, 0) is 44.9 Å². The van der Waals surface area contributed by atoms with Crippen LogP contribution in [-0.2, 0) is 0 Å². The van der Waals surface area contributed by atoms with Crippen molar-refractivity contribution in [1.29, 1.82) is 0 Å². The maximum Gasteiger partial charge on any atom is 0.165 e. The van der Waals surface area contributed by atoms with Crippen molar-refractivity contribution in [3.05, 3.63) is 29.6 Å². The van der Waals surface area contributed by atoms with Crippen LogP contribution in [0, 0.1) is 18.2 Å². The largest absolute Gasteiger partial charge is 0.484 e. The first-order valence-corrected chi connectivity index (χ1v) is 6.15. The second-order valence-corrected chi connectivity index (χ2v) is 5.78. The molecule has 0 fully saturated rings. The third kappa shape index (κ3) is 2.99. The minimum atomic E-state index is -0.405. The van der Waals surface area contributed by atoms with Gasteiger partial charge in [0, 0.05) is 5.41 Å². The molecule has 1 nitrogen and oxygen atoms in total. The van der Waals surface area contributed by atoms with Crippen LogP contribution in [0.25, 0.3) is 0 Å². The first-order chi connectivity index (χ1) is 7.69. The van der Waals surface area contributed by atoms with Gasteiger partial charge in [0.2, 0.25) is 0 Å². The van der Waals surface area contributed by atoms with E-state index < -0.39 is 5.60 Å². The van der Waals surface area contributed by atoms with Crippen molar-refractivity contribution in [3.63, 3.8) is 0 Å². The van der Waals surface area contributed by atoms with Crippen LogP contribution in [0.3, 0.4) is 0 Å². The van der Waals surface area contributed by atoms with Crippen molar-refractivity contribution in [2.75, 3.05) is 0 Å². The number of benzene rings is 1. The maximum atomic E-state index is 13.7. The molecule has 96 valence electrons. The molecule has 0 unspecified atom stereocenters. The van der Waals surface area contributed by atoms with Crippen LogP contribution < -0.4 is 4.74 Å². The summed E-state index contributed by atoms with van der Waals surface area (Å²) in [5, 5.41) is 0. The van der Waals surface area contributed by atoms with Gasteiger partial charge in [0.1, 0.15) is 5.60 Å². The van der Waals surface area contributed by atoms with Crippen molar-refractivity contribution in [1.82, 2.24) is 0 Å². The fourth-order valence-corrected chi connectivity index (χ4v) is 1.53. The molecular weight excluding hydrogens is 215 g/mol. The number of ether oxygens (including phenoxy) is 1. The molecule has 17 heavy (non-hydrogen) atoms. The van der Waals surface area contributed by atoms with Gasteiger partial charge >= 0.3 is 0 Å². The van der Waals surface area contributed by atoms with Gasteiger partial charge in [0.25, 0.3) is 0 Å². The molecule has 0 spiro atoms. The Morgan fingerprint density at radius 2 is 1.76 bits per heavy atom. The van der Waals surface area contributed by atoms with Crippen molar-refractivity contribution < 1.29 is 9.13 Å². The summed E-state index contributed by atoms with van der Waals surface area (Å²) in [4.78, 5) is 0. The van der Waals surface area contributed by atoms with E-state index in [2.05, 4.69) is 20.8 Å². The first kappa shape index (κ1) is 14.0. The summed E-state index contributed by atoms with van der Waals surface area (Å²) in [5.74, 6) is 0.0482. The van der Waals surface area contributed by atoms with E-state index in [0.29, 0.717) is 5.75 Å². The Kier molecular flexibility index (Phi) is 3.85. The molecule has 0 N–H and O–H groups in total. The Morgan fingerprint density at radius 3 is 2.24 bits per heavy atom. The Bertz CT molecular complexity index is 394. The molecule has 1 rings (SSSR count). The van der Waals surface area contributed by atoms with Crippen molar-refractivity contribution in [3.8, 4) is 5.75 Å². The molecule has 0 aliphatic carbocycles. The summed E-state index contributed by atoms with van der Waals surface area (Å²) in [5.41, 5.74) is 0.490. The van der Waals surface area contributed by atoms with Gasteiger partial charge in [-0.25, -0.2) is 4.39 Å². The molecule has 0 radical (unpaired) electrons. The number of halogens is 1. The van der Waals surface area contributed by atoms with Gasteiger partial charge in [-0.2, -0.15) is 0 Å². The van der Waals surface area contributed by atoms with Crippen LogP contribution in [0.5, 0.6) is 5.75 Å². The number of hydrogen-bond acceptors (Lipinski definition) is 1. The van der Waals surface area contributed by atoms with Crippen molar-refractivity contribution >= 4 is 0 Å². The van der Waals surface area contributed by atoms with Gasteiger partial charge in [-0.1, -0.05) is 26.8 Å². The highest BCUT2D eigenvalue weighted by Gasteiger charge is 2.38. The topological polar surface area (TPSA) is 9.23 Å². The Hall–Kier alpha value is -1.05. The van der Waals surface area contributed by atoms with Gasteiger partial charge in [0.05, 0.1) is 0 Å². The normalized spacial score (nSPS) is 12.6. The maximum absolute atomic E-state index is 13.7. The summed E-state index contributed by atoms with van der Waals surface area (Å²) in [6, 6.07) is 5.08. The van der Waals surface area contributed by atoms with E-state index in [1.54, 1.807) is 6.07 Å². The molecule has 0 saturated heterocycles. The SMILES string of the molecule is CCC(C)(C)C(C)(C)Oc1ccc(C)cc1F. The zero-order valence-corrected chi connectivity index (χ0v) is 11.7. The van der Waals surface area contributed by atoms with Gasteiger partial charge in [0.15, 0.2) is 11.6 Å². The van der Waals surface area contributed by atoms with Crippen molar-refractivity contribution in [2.45, 2.75) is 53.6 Å². The molecule has 0 aromatic heterocycles. The lowest BCUT2D eigenvalue weighted by Gasteiger charge is -2.41. The highest BCUT2D eigenvalue weighted by molar-refractivity contribution is 5.29. The molecular formula is C15H23FO. The van der Waals surface area contributed by atoms with Gasteiger partial charge in [-0.15, -0.1) is 0 Å². The van der Waals surface area contributed by atoms with Gasteiger partial charge < -0.3 is 4.74 Å². The highest BCUT2D eigenvalue weighted by atomic mass is 19.1. The molecule has 1 aromatic rings. The lowest BCUT2D eigenvalue weighted by molar-refractivity contribution is -0.0157. The Morgan fingerprint density at radius 1 is 1.18 bits per heavy atom. The minimum absolute atomic E-state index is 0.00960. The van der Waals surface area contributed by atoms with E-state index in [-0.39, 0.29) is 11.2 Å². The Labute approximate surface area is 104 Å². The summed E-state index contributed by atoms with van der Waals surface area (Å²) in [6.07, 6.45) is 0.980. The molecule has 0 saturated carbocycles. The van der Waals surface area contributed by atoms with E-state index >= 15 is 0 Å². The number of rotatable bonds is 4.